The van der Waals surface area contributed by atoms with Crippen molar-refractivity contribution in [1.29, 1.82) is 0 Å². The van der Waals surface area contributed by atoms with E-state index in [1.807, 2.05) is 0 Å². The Bertz CT molecular complexity index is 39.8. The van der Waals surface area contributed by atoms with Gasteiger partial charge in [-0.3, -0.25) is 0 Å². The third-order valence-electron chi connectivity index (χ3n) is 0.803. The first-order chi connectivity index (χ1) is 3.81. The molecule has 0 spiro atoms. The van der Waals surface area contributed by atoms with E-state index in [2.05, 4.69) is 20.8 Å². The van der Waals surface area contributed by atoms with E-state index in [1.54, 1.807) is 0 Å². The molecule has 0 aliphatic rings. The topological polar surface area (TPSA) is 0 Å². The molecule has 0 radical (unpaired) electrons. The van der Waals surface area contributed by atoms with E-state index in [4.69, 9.17) is 0 Å². The van der Waals surface area contributed by atoms with E-state index < -0.39 is 0 Å². The van der Waals surface area contributed by atoms with E-state index in [0.29, 0.717) is 0 Å². The molecule has 0 bridgehead atoms. The predicted molar refractivity (Wildman–Crippen MR) is 41.9 cm³/mol. The van der Waals surface area contributed by atoms with Crippen molar-refractivity contribution in [3.8, 4) is 0 Å². The van der Waals surface area contributed by atoms with Crippen LogP contribution in [-0.2, 0) is 0 Å². The molecule has 0 aliphatic carbocycles. The van der Waals surface area contributed by atoms with E-state index in [0.717, 1.165) is 33.6 Å². The summed E-state index contributed by atoms with van der Waals surface area (Å²) in [6.45, 7) is 6.98. The molecule has 0 saturated heterocycles. The van der Waals surface area contributed by atoms with Crippen molar-refractivity contribution >= 4 is 29.9 Å². The van der Waals surface area contributed by atoms with E-state index in [1.165, 1.54) is 10.6 Å². The van der Waals surface area contributed by atoms with Gasteiger partial charge in [0.2, 0.25) is 0 Å². The molecule has 50 valence electrons. The fourth-order valence-corrected chi connectivity index (χ4v) is 6.71. The third-order valence-corrected chi connectivity index (χ3v) is 7.14. The maximum absolute atomic E-state index is 2.40. The third kappa shape index (κ3) is 5.18. The Morgan fingerprint density at radius 2 is 1.50 bits per heavy atom. The van der Waals surface area contributed by atoms with Gasteiger partial charge in [0.1, 0.15) is 0 Å². The molecule has 0 aromatic carbocycles. The molecule has 0 unspecified atom stereocenters. The number of rotatable bonds is 4. The van der Waals surface area contributed by atoms with Crippen LogP contribution in [0.5, 0.6) is 0 Å². The molecule has 0 amide bonds. The average molecular weight is 244 g/mol. The zero-order valence-corrected chi connectivity index (χ0v) is 9.23. The molecular formula is C6H14Se2. The van der Waals surface area contributed by atoms with E-state index >= 15 is 0 Å². The quantitative estimate of drug-likeness (QED) is 0.664. The molecule has 0 fully saturated rings. The summed E-state index contributed by atoms with van der Waals surface area (Å²) >= 11 is 1.91. The molecule has 0 aromatic rings. The van der Waals surface area contributed by atoms with Crippen molar-refractivity contribution < 1.29 is 0 Å². The molecule has 2 heteroatoms. The minimum absolute atomic E-state index is 0.954. The molecule has 0 rings (SSSR count). The van der Waals surface area contributed by atoms with Gasteiger partial charge in [0.05, 0.1) is 0 Å². The van der Waals surface area contributed by atoms with Gasteiger partial charge in [-0.05, 0) is 0 Å². The number of hydrogen-bond acceptors (Lipinski definition) is 0. The second kappa shape index (κ2) is 6.16. The summed E-state index contributed by atoms with van der Waals surface area (Å²) in [5.74, 6) is 0. The minimum atomic E-state index is 0.954. The van der Waals surface area contributed by atoms with Crippen molar-refractivity contribution in [2.24, 2.45) is 0 Å². The van der Waals surface area contributed by atoms with Gasteiger partial charge < -0.3 is 0 Å². The van der Waals surface area contributed by atoms with Gasteiger partial charge in [-0.25, -0.2) is 0 Å². The monoisotopic (exact) mass is 246 g/mol. The SMILES string of the molecule is CC[Se]C(C)[Se]CC. The first kappa shape index (κ1) is 9.04. The Morgan fingerprint density at radius 3 is 1.75 bits per heavy atom. The molecule has 0 atom stereocenters. The van der Waals surface area contributed by atoms with Gasteiger partial charge in [-0.2, -0.15) is 0 Å². The van der Waals surface area contributed by atoms with Crippen molar-refractivity contribution in [3.05, 3.63) is 0 Å². The van der Waals surface area contributed by atoms with Crippen LogP contribution in [0.2, 0.25) is 14.4 Å². The van der Waals surface area contributed by atoms with Gasteiger partial charge in [-0.1, -0.05) is 0 Å². The van der Waals surface area contributed by atoms with Crippen LogP contribution in [0, 0.1) is 0 Å². The van der Waals surface area contributed by atoms with E-state index in [-0.39, 0.29) is 0 Å². The molecule has 0 nitrogen and oxygen atoms in total. The fraction of sp³-hybridized carbons (Fsp3) is 1.00. The second-order valence-corrected chi connectivity index (χ2v) is 9.78. The van der Waals surface area contributed by atoms with Crippen molar-refractivity contribution in [1.82, 2.24) is 0 Å². The van der Waals surface area contributed by atoms with Gasteiger partial charge in [0.25, 0.3) is 0 Å². The van der Waals surface area contributed by atoms with Crippen LogP contribution in [0.1, 0.15) is 20.8 Å². The van der Waals surface area contributed by atoms with Crippen LogP contribution in [-0.4, -0.2) is 29.9 Å². The zero-order valence-electron chi connectivity index (χ0n) is 5.81. The second-order valence-electron chi connectivity index (χ2n) is 1.48. The van der Waals surface area contributed by atoms with Crippen molar-refractivity contribution in [2.75, 3.05) is 0 Å². The van der Waals surface area contributed by atoms with Crippen LogP contribution < -0.4 is 0 Å². The van der Waals surface area contributed by atoms with Crippen LogP contribution in [0.15, 0.2) is 0 Å². The fourth-order valence-electron chi connectivity index (χ4n) is 0.518. The Hall–Kier alpha value is 1.04. The average Bonchev–Trinajstić information content (AvgIpc) is 1.68. The van der Waals surface area contributed by atoms with Crippen molar-refractivity contribution in [3.63, 3.8) is 0 Å². The Labute approximate surface area is 65.1 Å². The van der Waals surface area contributed by atoms with Gasteiger partial charge in [0, 0.05) is 0 Å². The first-order valence-corrected chi connectivity index (χ1v) is 7.44. The van der Waals surface area contributed by atoms with Crippen LogP contribution in [0.4, 0.5) is 0 Å². The van der Waals surface area contributed by atoms with Crippen LogP contribution >= 0.6 is 0 Å². The Balaban J connectivity index is 2.92. The first-order valence-electron chi connectivity index (χ1n) is 3.04. The van der Waals surface area contributed by atoms with Crippen molar-refractivity contribution in [2.45, 2.75) is 35.1 Å². The summed E-state index contributed by atoms with van der Waals surface area (Å²) in [6.07, 6.45) is 0. The summed E-state index contributed by atoms with van der Waals surface area (Å²) in [6, 6.07) is 0. The Kier molecular flexibility index (Phi) is 6.96. The summed E-state index contributed by atoms with van der Waals surface area (Å²) in [5, 5.41) is 2.85. The van der Waals surface area contributed by atoms with Gasteiger partial charge in [0.15, 0.2) is 0 Å². The molecule has 8 heavy (non-hydrogen) atoms. The Morgan fingerprint density at radius 1 is 1.12 bits per heavy atom. The molecule has 0 aliphatic heterocycles. The maximum atomic E-state index is 2.40. The molecular weight excluding hydrogens is 230 g/mol. The van der Waals surface area contributed by atoms with Gasteiger partial charge in [-0.15, -0.1) is 0 Å². The zero-order chi connectivity index (χ0) is 6.41. The summed E-state index contributed by atoms with van der Waals surface area (Å²) < 4.78 is 1.09. The molecule has 0 N–H and O–H groups in total. The van der Waals surface area contributed by atoms with Gasteiger partial charge >= 0.3 is 65.0 Å². The van der Waals surface area contributed by atoms with E-state index in [9.17, 15) is 0 Å². The summed E-state index contributed by atoms with van der Waals surface area (Å²) in [5.41, 5.74) is 0. The van der Waals surface area contributed by atoms with Crippen LogP contribution in [0.3, 0.4) is 0 Å². The molecule has 0 saturated carbocycles. The predicted octanol–water partition coefficient (Wildman–Crippen LogP) is 2.04. The normalized spacial score (nSPS) is 10.5. The van der Waals surface area contributed by atoms with Crippen LogP contribution in [0.25, 0.3) is 0 Å². The molecule has 0 heterocycles. The summed E-state index contributed by atoms with van der Waals surface area (Å²) in [7, 11) is 0. The summed E-state index contributed by atoms with van der Waals surface area (Å²) in [4.78, 5) is 0. The standard InChI is InChI=1S/C6H14Se2/c1-4-7-6(3)8-5-2/h6H,4-5H2,1-3H3. The number of hydrogen-bond donors (Lipinski definition) is 0. The molecule has 0 aromatic heterocycles.